The molecular weight excluding hydrogens is 532 g/mol. The summed E-state index contributed by atoms with van der Waals surface area (Å²) in [6.45, 7) is 4.64. The van der Waals surface area contributed by atoms with E-state index < -0.39 is 15.8 Å². The maximum Gasteiger partial charge on any atom is 0.244 e. The second-order valence-corrected chi connectivity index (χ2v) is 15.5. The van der Waals surface area contributed by atoms with Crippen LogP contribution in [0.4, 0.5) is 0 Å². The summed E-state index contributed by atoms with van der Waals surface area (Å²) in [5, 5.41) is -0.597. The monoisotopic (exact) mass is 576 g/mol. The van der Waals surface area contributed by atoms with Crippen LogP contribution in [-0.2, 0) is 10.2 Å². The molecule has 7 nitrogen and oxygen atoms in total. The fraction of sp³-hybridized carbons (Fsp3) is 0.576. The second kappa shape index (κ2) is 10.7. The molecule has 3 unspecified atom stereocenters. The molecule has 5 heterocycles. The molecule has 2 N–H and O–H groups in total. The smallest absolute Gasteiger partial charge is 0.244 e. The van der Waals surface area contributed by atoms with E-state index in [-0.39, 0.29) is 11.3 Å². The normalized spacial score (nSPS) is 30.1. The Hall–Kier alpha value is -2.39. The lowest BCUT2D eigenvalue weighted by Crippen LogP contribution is -2.50. The topological polar surface area (TPSA) is 81.8 Å². The van der Waals surface area contributed by atoms with Crippen LogP contribution in [0.3, 0.4) is 0 Å². The predicted molar refractivity (Wildman–Crippen MR) is 166 cm³/mol. The number of benzene rings is 2. The number of aryl methyl sites for hydroxylation is 1. The average Bonchev–Trinajstić information content (AvgIpc) is 3.60. The summed E-state index contributed by atoms with van der Waals surface area (Å²) in [5.74, 6) is 1.47. The fourth-order valence-corrected chi connectivity index (χ4v) is 10.6. The number of para-hydroxylation sites is 2. The van der Waals surface area contributed by atoms with Gasteiger partial charge in [0.05, 0.1) is 11.0 Å². The molecule has 2 bridgehead atoms. The van der Waals surface area contributed by atoms with Gasteiger partial charge in [-0.05, 0) is 94.4 Å². The van der Waals surface area contributed by atoms with Gasteiger partial charge in [-0.2, -0.15) is 10.6 Å². The highest BCUT2D eigenvalue weighted by molar-refractivity contribution is 8.25. The van der Waals surface area contributed by atoms with E-state index in [0.717, 1.165) is 43.6 Å². The lowest BCUT2D eigenvalue weighted by Gasteiger charge is -2.46. The molecule has 8 heteroatoms. The highest BCUT2D eigenvalue weighted by Gasteiger charge is 2.46. The average molecular weight is 577 g/mol. The van der Waals surface area contributed by atoms with Crippen LogP contribution in [0.25, 0.3) is 11.0 Å². The molecule has 3 aromatic rings. The minimum Gasteiger partial charge on any atom is -0.341 e. The molecule has 41 heavy (non-hydrogen) atoms. The lowest BCUT2D eigenvalue weighted by atomic mass is 9.70. The first-order chi connectivity index (χ1) is 19.8. The van der Waals surface area contributed by atoms with Crippen molar-refractivity contribution < 1.29 is 13.9 Å². The molecule has 7 rings (SSSR count). The minimum absolute atomic E-state index is 0.0356. The number of aromatic nitrogens is 2. The number of likely N-dealkylation sites (tertiary alicyclic amines) is 1. The van der Waals surface area contributed by atoms with Gasteiger partial charge < -0.3 is 9.47 Å². The minimum atomic E-state index is -2.79. The van der Waals surface area contributed by atoms with Crippen molar-refractivity contribution in [3.05, 3.63) is 66.0 Å². The summed E-state index contributed by atoms with van der Waals surface area (Å²) < 4.78 is 23.4. The van der Waals surface area contributed by atoms with Crippen LogP contribution in [0.5, 0.6) is 0 Å². The Labute approximate surface area is 245 Å². The summed E-state index contributed by atoms with van der Waals surface area (Å²) in [6, 6.07) is 21.2. The maximum atomic E-state index is 13.3. The summed E-state index contributed by atoms with van der Waals surface area (Å²) in [5.41, 5.74) is 3.81. The Morgan fingerprint density at radius 3 is 2.32 bits per heavy atom. The van der Waals surface area contributed by atoms with Crippen LogP contribution >= 0.6 is 10.6 Å². The molecule has 0 spiro atoms. The molecule has 4 fully saturated rings. The zero-order chi connectivity index (χ0) is 28.2. The highest BCUT2D eigenvalue weighted by Crippen LogP contribution is 2.53. The third-order valence-corrected chi connectivity index (χ3v) is 13.1. The van der Waals surface area contributed by atoms with Crippen LogP contribution < -0.4 is 0 Å². The number of rotatable bonds is 6. The Bertz CT molecular complexity index is 1390. The fourth-order valence-electron chi connectivity index (χ4n) is 8.72. The van der Waals surface area contributed by atoms with Crippen molar-refractivity contribution in [1.29, 1.82) is 0 Å². The van der Waals surface area contributed by atoms with Gasteiger partial charge in [-0.3, -0.25) is 18.8 Å². The molecular formula is C33H44N4O3S. The van der Waals surface area contributed by atoms with Crippen molar-refractivity contribution in [1.82, 2.24) is 19.4 Å². The Kier molecular flexibility index (Phi) is 7.17. The first kappa shape index (κ1) is 27.4. The number of nitrogens with zero attached hydrogens (tertiary/aromatic N) is 4. The van der Waals surface area contributed by atoms with Gasteiger partial charge in [0.1, 0.15) is 11.1 Å². The predicted octanol–water partition coefficient (Wildman–Crippen LogP) is 6.38. The van der Waals surface area contributed by atoms with E-state index in [1.54, 1.807) is 0 Å². The zero-order valence-electron chi connectivity index (χ0n) is 24.2. The van der Waals surface area contributed by atoms with Gasteiger partial charge in [0.15, 0.2) is 0 Å². The molecule has 1 amide bonds. The first-order valence-corrected chi connectivity index (χ1v) is 17.4. The van der Waals surface area contributed by atoms with Crippen molar-refractivity contribution in [2.45, 2.75) is 93.5 Å². The Morgan fingerprint density at radius 1 is 0.951 bits per heavy atom. The van der Waals surface area contributed by atoms with Gasteiger partial charge in [-0.1, -0.05) is 42.5 Å². The Balaban J connectivity index is 1.05. The van der Waals surface area contributed by atoms with E-state index in [4.69, 9.17) is 4.98 Å². The molecule has 3 atom stereocenters. The van der Waals surface area contributed by atoms with Crippen molar-refractivity contribution in [3.63, 3.8) is 0 Å². The summed E-state index contributed by atoms with van der Waals surface area (Å²) in [6.07, 6.45) is 9.23. The lowest BCUT2D eigenvalue weighted by molar-refractivity contribution is -0.132. The van der Waals surface area contributed by atoms with E-state index in [1.807, 2.05) is 4.90 Å². The number of fused-ring (bicyclic) bond motifs is 3. The number of carbonyl (C=O) groups is 1. The summed E-state index contributed by atoms with van der Waals surface area (Å²) in [7, 11) is -2.79. The number of imidazole rings is 1. The van der Waals surface area contributed by atoms with Gasteiger partial charge in [-0.15, -0.1) is 0 Å². The van der Waals surface area contributed by atoms with Crippen LogP contribution in [0.15, 0.2) is 54.6 Å². The molecule has 4 aliphatic rings. The molecule has 4 saturated heterocycles. The zero-order valence-corrected chi connectivity index (χ0v) is 25.0. The quantitative estimate of drug-likeness (QED) is 0.356. The number of carbonyl (C=O) groups excluding carboxylic acids is 1. The third-order valence-electron chi connectivity index (χ3n) is 10.9. The number of amides is 1. The molecule has 220 valence electrons. The molecule has 1 aromatic heterocycles. The SMILES string of the molecule is Cc1nc2ccccc2n1C1CC2CCC(C1)N2CCC1(c2ccccc2)CCN(C(=O)C2CCCS2(O)O)CC1. The molecule has 4 aliphatic heterocycles. The number of hydrogen-bond donors (Lipinski definition) is 2. The van der Waals surface area contributed by atoms with E-state index in [1.165, 1.54) is 36.8 Å². The highest BCUT2D eigenvalue weighted by atomic mass is 32.3. The maximum absolute atomic E-state index is 13.3. The Morgan fingerprint density at radius 2 is 1.63 bits per heavy atom. The standard InChI is InChI=1S/C33H44N4O3S/c1-24-34-29-10-5-6-11-30(29)37(24)28-22-26-13-14-27(23-28)36(26)20-17-33(25-8-3-2-4-9-25)15-18-35(19-16-33)32(38)31-12-7-21-41(31,39)40/h2-6,8-11,26-28,31,39-40H,7,12-23H2,1H3. The van der Waals surface area contributed by atoms with E-state index in [2.05, 4.69) is 71.0 Å². The van der Waals surface area contributed by atoms with E-state index >= 15 is 0 Å². The van der Waals surface area contributed by atoms with Gasteiger partial charge in [0.2, 0.25) is 5.91 Å². The molecule has 2 aromatic carbocycles. The van der Waals surface area contributed by atoms with Gasteiger partial charge >= 0.3 is 0 Å². The van der Waals surface area contributed by atoms with E-state index in [0.29, 0.717) is 43.4 Å². The van der Waals surface area contributed by atoms with Crippen LogP contribution in [0, 0.1) is 6.92 Å². The summed E-state index contributed by atoms with van der Waals surface area (Å²) >= 11 is 0. The van der Waals surface area contributed by atoms with Crippen molar-refractivity contribution in [2.75, 3.05) is 25.4 Å². The van der Waals surface area contributed by atoms with Gasteiger partial charge in [-0.25, -0.2) is 4.98 Å². The van der Waals surface area contributed by atoms with Crippen molar-refractivity contribution in [2.24, 2.45) is 0 Å². The largest absolute Gasteiger partial charge is 0.341 e. The van der Waals surface area contributed by atoms with Gasteiger partial charge in [0, 0.05) is 37.0 Å². The molecule has 0 radical (unpaired) electrons. The molecule has 0 aliphatic carbocycles. The van der Waals surface area contributed by atoms with Crippen molar-refractivity contribution >= 4 is 27.5 Å². The van der Waals surface area contributed by atoms with Crippen LogP contribution in [0.1, 0.15) is 75.2 Å². The van der Waals surface area contributed by atoms with Crippen LogP contribution in [0.2, 0.25) is 0 Å². The number of piperidine rings is 2. The summed E-state index contributed by atoms with van der Waals surface area (Å²) in [4.78, 5) is 22.9. The van der Waals surface area contributed by atoms with Crippen LogP contribution in [-0.4, -0.2) is 77.1 Å². The number of hydrogen-bond acceptors (Lipinski definition) is 5. The third kappa shape index (κ3) is 4.90. The first-order valence-electron chi connectivity index (χ1n) is 15.6. The second-order valence-electron chi connectivity index (χ2n) is 13.0. The van der Waals surface area contributed by atoms with Crippen molar-refractivity contribution in [3.8, 4) is 0 Å². The molecule has 0 saturated carbocycles. The van der Waals surface area contributed by atoms with E-state index in [9.17, 15) is 13.9 Å². The van der Waals surface area contributed by atoms with Gasteiger partial charge in [0.25, 0.3) is 0 Å².